The number of amides is 1. The zero-order chi connectivity index (χ0) is 17.6. The van der Waals surface area contributed by atoms with Gasteiger partial charge in [-0.15, -0.1) is 0 Å². The van der Waals surface area contributed by atoms with Gasteiger partial charge in [-0.05, 0) is 31.5 Å². The molecule has 0 fully saturated rings. The second-order valence-electron chi connectivity index (χ2n) is 6.05. The number of hydrogen-bond donors (Lipinski definition) is 2. The van der Waals surface area contributed by atoms with Crippen LogP contribution in [0.15, 0.2) is 48.7 Å². The molecule has 6 heteroatoms. The molecule has 1 heterocycles. The quantitative estimate of drug-likeness (QED) is 0.815. The van der Waals surface area contributed by atoms with E-state index in [2.05, 4.69) is 10.3 Å². The molecule has 2 rings (SSSR count). The van der Waals surface area contributed by atoms with Crippen molar-refractivity contribution in [3.8, 4) is 0 Å². The Morgan fingerprint density at radius 2 is 1.92 bits per heavy atom. The lowest BCUT2D eigenvalue weighted by molar-refractivity contribution is 0.0614. The Balaban J connectivity index is 1.91. The van der Waals surface area contributed by atoms with Crippen molar-refractivity contribution in [1.82, 2.24) is 10.3 Å². The molecular weight excluding hydrogens is 308 g/mol. The summed E-state index contributed by atoms with van der Waals surface area (Å²) in [6.07, 6.45) is 1.30. The SMILES string of the molecule is CC(C)(COCc1ccccc1)NC(=O)c1cc(C(=O)O)ccn1. The molecule has 0 aliphatic heterocycles. The molecule has 0 spiro atoms. The van der Waals surface area contributed by atoms with E-state index in [0.29, 0.717) is 13.2 Å². The highest BCUT2D eigenvalue weighted by Crippen LogP contribution is 2.09. The Hall–Kier alpha value is -2.73. The molecule has 1 aromatic carbocycles. The maximum Gasteiger partial charge on any atom is 0.335 e. The van der Waals surface area contributed by atoms with Crippen LogP contribution in [-0.4, -0.2) is 34.1 Å². The standard InChI is InChI=1S/C18H20N2O4/c1-18(2,12-24-11-13-6-4-3-5-7-13)20-16(21)15-10-14(17(22)23)8-9-19-15/h3-10H,11-12H2,1-2H3,(H,20,21)(H,22,23). The van der Waals surface area contributed by atoms with Gasteiger partial charge in [0.15, 0.2) is 0 Å². The van der Waals surface area contributed by atoms with Crippen molar-refractivity contribution in [3.05, 3.63) is 65.5 Å². The predicted octanol–water partition coefficient (Wildman–Crippen LogP) is 2.50. The first-order chi connectivity index (χ1) is 11.4. The number of carboxylic acid groups (broad SMARTS) is 1. The summed E-state index contributed by atoms with van der Waals surface area (Å²) in [5.41, 5.74) is 0.516. The largest absolute Gasteiger partial charge is 0.478 e. The lowest BCUT2D eigenvalue weighted by Gasteiger charge is -2.26. The Morgan fingerprint density at radius 3 is 2.58 bits per heavy atom. The summed E-state index contributed by atoms with van der Waals surface area (Å²) in [7, 11) is 0. The molecule has 2 aromatic rings. The highest BCUT2D eigenvalue weighted by Gasteiger charge is 2.22. The van der Waals surface area contributed by atoms with E-state index in [1.165, 1.54) is 18.3 Å². The van der Waals surface area contributed by atoms with Gasteiger partial charge in [0.1, 0.15) is 5.69 Å². The Bertz CT molecular complexity index is 714. The molecule has 0 saturated carbocycles. The number of carbonyl (C=O) groups is 2. The number of rotatable bonds is 7. The first-order valence-electron chi connectivity index (χ1n) is 7.51. The van der Waals surface area contributed by atoms with Gasteiger partial charge in [0.2, 0.25) is 0 Å². The van der Waals surface area contributed by atoms with E-state index in [1.54, 1.807) is 0 Å². The maximum absolute atomic E-state index is 12.2. The molecule has 0 aliphatic carbocycles. The number of aromatic nitrogens is 1. The third-order valence-corrected chi connectivity index (χ3v) is 3.27. The van der Waals surface area contributed by atoms with Crippen molar-refractivity contribution in [2.24, 2.45) is 0 Å². The highest BCUT2D eigenvalue weighted by molar-refractivity contribution is 5.96. The smallest absolute Gasteiger partial charge is 0.335 e. The second-order valence-corrected chi connectivity index (χ2v) is 6.05. The fourth-order valence-electron chi connectivity index (χ4n) is 2.09. The van der Waals surface area contributed by atoms with Crippen molar-refractivity contribution in [2.75, 3.05) is 6.61 Å². The van der Waals surface area contributed by atoms with Crippen molar-refractivity contribution in [2.45, 2.75) is 26.0 Å². The average molecular weight is 328 g/mol. The molecule has 0 atom stereocenters. The van der Waals surface area contributed by atoms with Gasteiger partial charge >= 0.3 is 5.97 Å². The van der Waals surface area contributed by atoms with Crippen molar-refractivity contribution in [1.29, 1.82) is 0 Å². The van der Waals surface area contributed by atoms with Gasteiger partial charge in [0, 0.05) is 6.20 Å². The molecule has 0 unspecified atom stereocenters. The molecule has 0 radical (unpaired) electrons. The monoisotopic (exact) mass is 328 g/mol. The minimum absolute atomic E-state index is 0.0216. The van der Waals surface area contributed by atoms with E-state index in [0.717, 1.165) is 5.56 Å². The lowest BCUT2D eigenvalue weighted by Crippen LogP contribution is -2.47. The number of hydrogen-bond acceptors (Lipinski definition) is 4. The number of carboxylic acids is 1. The van der Waals surface area contributed by atoms with Crippen LogP contribution < -0.4 is 5.32 Å². The molecule has 6 nitrogen and oxygen atoms in total. The fourth-order valence-corrected chi connectivity index (χ4v) is 2.09. The summed E-state index contributed by atoms with van der Waals surface area (Å²) >= 11 is 0. The molecule has 126 valence electrons. The van der Waals surface area contributed by atoms with Crippen LogP contribution in [0.2, 0.25) is 0 Å². The number of nitrogens with zero attached hydrogens (tertiary/aromatic N) is 1. The predicted molar refractivity (Wildman–Crippen MR) is 88.8 cm³/mol. The van der Waals surface area contributed by atoms with Crippen molar-refractivity contribution in [3.63, 3.8) is 0 Å². The molecule has 2 N–H and O–H groups in total. The zero-order valence-electron chi connectivity index (χ0n) is 13.7. The van der Waals surface area contributed by atoms with Crippen LogP contribution >= 0.6 is 0 Å². The molecule has 1 aromatic heterocycles. The summed E-state index contributed by atoms with van der Waals surface area (Å²) in [4.78, 5) is 27.1. The van der Waals surface area contributed by atoms with Crippen LogP contribution in [0.25, 0.3) is 0 Å². The normalized spacial score (nSPS) is 11.1. The molecule has 0 saturated heterocycles. The summed E-state index contributed by atoms with van der Waals surface area (Å²) in [5.74, 6) is -1.54. The van der Waals surface area contributed by atoms with E-state index in [-0.39, 0.29) is 11.3 Å². The molecule has 24 heavy (non-hydrogen) atoms. The summed E-state index contributed by atoms with van der Waals surface area (Å²) in [6.45, 7) is 4.42. The maximum atomic E-state index is 12.2. The minimum atomic E-state index is -1.10. The highest BCUT2D eigenvalue weighted by atomic mass is 16.5. The first-order valence-corrected chi connectivity index (χ1v) is 7.51. The van der Waals surface area contributed by atoms with Crippen LogP contribution in [-0.2, 0) is 11.3 Å². The van der Waals surface area contributed by atoms with Gasteiger partial charge in [-0.2, -0.15) is 0 Å². The van der Waals surface area contributed by atoms with Gasteiger partial charge in [-0.3, -0.25) is 9.78 Å². The van der Waals surface area contributed by atoms with Crippen molar-refractivity contribution >= 4 is 11.9 Å². The van der Waals surface area contributed by atoms with Crippen LogP contribution in [0.5, 0.6) is 0 Å². The van der Waals surface area contributed by atoms with Crippen molar-refractivity contribution < 1.29 is 19.4 Å². The van der Waals surface area contributed by atoms with Gasteiger partial charge in [0.05, 0.1) is 24.3 Å². The number of nitrogens with one attached hydrogen (secondary N) is 1. The third kappa shape index (κ3) is 5.17. The molecular formula is C18H20N2O4. The summed E-state index contributed by atoms with van der Waals surface area (Å²) < 4.78 is 5.65. The topological polar surface area (TPSA) is 88.5 Å². The van der Waals surface area contributed by atoms with Gasteiger partial charge in [-0.1, -0.05) is 30.3 Å². The number of pyridine rings is 1. The van der Waals surface area contributed by atoms with E-state index >= 15 is 0 Å². The summed E-state index contributed by atoms with van der Waals surface area (Å²) in [6, 6.07) is 12.3. The zero-order valence-corrected chi connectivity index (χ0v) is 13.7. The Labute approximate surface area is 140 Å². The van der Waals surface area contributed by atoms with Crippen LogP contribution in [0.4, 0.5) is 0 Å². The van der Waals surface area contributed by atoms with Gasteiger partial charge in [0.25, 0.3) is 5.91 Å². The van der Waals surface area contributed by atoms with Gasteiger partial charge in [-0.25, -0.2) is 4.79 Å². The molecule has 0 aliphatic rings. The van der Waals surface area contributed by atoms with Crippen LogP contribution in [0.1, 0.15) is 40.3 Å². The lowest BCUT2D eigenvalue weighted by atomic mass is 10.1. The Morgan fingerprint density at radius 1 is 1.21 bits per heavy atom. The van der Waals surface area contributed by atoms with Gasteiger partial charge < -0.3 is 15.2 Å². The molecule has 1 amide bonds. The first kappa shape index (κ1) is 17.6. The second kappa shape index (κ2) is 7.70. The fraction of sp³-hybridized carbons (Fsp3) is 0.278. The Kier molecular flexibility index (Phi) is 5.65. The number of carbonyl (C=O) groups excluding carboxylic acids is 1. The molecule has 0 bridgehead atoms. The minimum Gasteiger partial charge on any atom is -0.478 e. The summed E-state index contributed by atoms with van der Waals surface area (Å²) in [5, 5.41) is 11.8. The average Bonchev–Trinajstić information content (AvgIpc) is 2.55. The van der Waals surface area contributed by atoms with E-state index in [9.17, 15) is 9.59 Å². The number of aromatic carboxylic acids is 1. The number of benzene rings is 1. The van der Waals surface area contributed by atoms with E-state index < -0.39 is 17.4 Å². The third-order valence-electron chi connectivity index (χ3n) is 3.27. The van der Waals surface area contributed by atoms with Crippen LogP contribution in [0.3, 0.4) is 0 Å². The van der Waals surface area contributed by atoms with Crippen LogP contribution in [0, 0.1) is 0 Å². The van der Waals surface area contributed by atoms with E-state index in [4.69, 9.17) is 9.84 Å². The number of ether oxygens (including phenoxy) is 1. The van der Waals surface area contributed by atoms with E-state index in [1.807, 2.05) is 44.2 Å².